The van der Waals surface area contributed by atoms with Crippen molar-refractivity contribution in [3.63, 3.8) is 0 Å². The Morgan fingerprint density at radius 1 is 0.481 bits per heavy atom. The van der Waals surface area contributed by atoms with E-state index in [0.29, 0.717) is 18.2 Å². The lowest BCUT2D eigenvalue weighted by molar-refractivity contribution is 0.742. The van der Waals surface area contributed by atoms with Gasteiger partial charge in [0.05, 0.1) is 6.54 Å². The summed E-state index contributed by atoms with van der Waals surface area (Å²) in [6.45, 7) is 0.463. The third kappa shape index (κ3) is 7.62. The molecule has 7 aromatic rings. The quantitative estimate of drug-likeness (QED) is 0.118. The SMILES string of the molecule is NC(=NC(=NCc1cccc(-c2ccccc2-c2ccccc2-c2ccccc2-c2ccccc2)c1)c1ccccc1)c1ccccc1C1=CCCCC1. The second-order valence-electron chi connectivity index (χ2n) is 13.7. The van der Waals surface area contributed by atoms with Gasteiger partial charge in [-0.1, -0.05) is 182 Å². The van der Waals surface area contributed by atoms with E-state index in [1.165, 1.54) is 62.9 Å². The van der Waals surface area contributed by atoms with Gasteiger partial charge in [0.15, 0.2) is 5.84 Å². The zero-order valence-corrected chi connectivity index (χ0v) is 30.4. The number of nitrogens with two attached hydrogens (primary N) is 1. The van der Waals surface area contributed by atoms with Crippen LogP contribution in [0.15, 0.2) is 198 Å². The van der Waals surface area contributed by atoms with Crippen molar-refractivity contribution in [2.75, 3.05) is 0 Å². The van der Waals surface area contributed by atoms with Crippen LogP contribution in [0.5, 0.6) is 0 Å². The molecule has 0 saturated carbocycles. The van der Waals surface area contributed by atoms with Crippen molar-refractivity contribution in [3.8, 4) is 44.5 Å². The zero-order valence-electron chi connectivity index (χ0n) is 30.4. The minimum Gasteiger partial charge on any atom is -0.383 e. The number of amidine groups is 2. The summed E-state index contributed by atoms with van der Waals surface area (Å²) in [5.74, 6) is 1.10. The Balaban J connectivity index is 1.15. The molecule has 1 aliphatic rings. The summed E-state index contributed by atoms with van der Waals surface area (Å²) in [7, 11) is 0. The van der Waals surface area contributed by atoms with Gasteiger partial charge < -0.3 is 5.73 Å². The lowest BCUT2D eigenvalue weighted by Gasteiger charge is -2.17. The number of hydrogen-bond acceptors (Lipinski definition) is 1. The maximum absolute atomic E-state index is 6.82. The average Bonchev–Trinajstić information content (AvgIpc) is 3.26. The van der Waals surface area contributed by atoms with Crippen LogP contribution in [-0.4, -0.2) is 11.7 Å². The van der Waals surface area contributed by atoms with Crippen molar-refractivity contribution >= 4 is 17.2 Å². The first-order chi connectivity index (χ1) is 26.7. The van der Waals surface area contributed by atoms with Crippen LogP contribution in [0.25, 0.3) is 50.1 Å². The molecule has 54 heavy (non-hydrogen) atoms. The van der Waals surface area contributed by atoms with Gasteiger partial charge in [-0.25, -0.2) is 4.99 Å². The molecule has 0 atom stereocenters. The van der Waals surface area contributed by atoms with Crippen molar-refractivity contribution in [1.82, 2.24) is 0 Å². The summed E-state index contributed by atoms with van der Waals surface area (Å²) in [5, 5.41) is 0. The highest BCUT2D eigenvalue weighted by Gasteiger charge is 2.16. The van der Waals surface area contributed by atoms with E-state index in [1.54, 1.807) is 0 Å². The van der Waals surface area contributed by atoms with E-state index in [1.807, 2.05) is 36.4 Å². The van der Waals surface area contributed by atoms with Crippen molar-refractivity contribution in [2.24, 2.45) is 15.7 Å². The van der Waals surface area contributed by atoms with Gasteiger partial charge in [0.1, 0.15) is 5.84 Å². The van der Waals surface area contributed by atoms with Crippen LogP contribution in [0.1, 0.15) is 47.9 Å². The maximum atomic E-state index is 6.82. The summed E-state index contributed by atoms with van der Waals surface area (Å²) in [6.07, 6.45) is 6.97. The number of hydrogen-bond donors (Lipinski definition) is 1. The molecule has 0 radical (unpaired) electrons. The van der Waals surface area contributed by atoms with Gasteiger partial charge in [-0.2, -0.15) is 0 Å². The van der Waals surface area contributed by atoms with Crippen LogP contribution in [-0.2, 0) is 6.54 Å². The molecule has 0 fully saturated rings. The summed E-state index contributed by atoms with van der Waals surface area (Å²) in [5.41, 5.74) is 21.9. The Morgan fingerprint density at radius 3 is 1.63 bits per heavy atom. The summed E-state index contributed by atoms with van der Waals surface area (Å²) >= 11 is 0. The largest absolute Gasteiger partial charge is 0.383 e. The fourth-order valence-electron chi connectivity index (χ4n) is 7.54. The number of benzene rings is 7. The van der Waals surface area contributed by atoms with Crippen LogP contribution >= 0.6 is 0 Å². The van der Waals surface area contributed by atoms with E-state index in [-0.39, 0.29) is 0 Å². The lowest BCUT2D eigenvalue weighted by Crippen LogP contribution is -2.18. The fourth-order valence-corrected chi connectivity index (χ4v) is 7.54. The molecule has 7 aromatic carbocycles. The van der Waals surface area contributed by atoms with Crippen LogP contribution in [0.3, 0.4) is 0 Å². The first-order valence-corrected chi connectivity index (χ1v) is 18.9. The monoisotopic (exact) mass is 697 g/mol. The Bertz CT molecular complexity index is 2470. The van der Waals surface area contributed by atoms with Crippen molar-refractivity contribution in [3.05, 3.63) is 210 Å². The van der Waals surface area contributed by atoms with E-state index in [2.05, 4.69) is 152 Å². The first-order valence-electron chi connectivity index (χ1n) is 18.9. The average molecular weight is 698 g/mol. The Kier molecular flexibility index (Phi) is 10.5. The number of aliphatic imine (C=N–C) groups is 2. The molecule has 0 aromatic heterocycles. The van der Waals surface area contributed by atoms with Crippen molar-refractivity contribution in [1.29, 1.82) is 0 Å². The molecule has 2 N–H and O–H groups in total. The lowest BCUT2D eigenvalue weighted by atomic mass is 9.86. The van der Waals surface area contributed by atoms with Crippen molar-refractivity contribution < 1.29 is 0 Å². The van der Waals surface area contributed by atoms with Crippen LogP contribution < -0.4 is 5.73 Å². The number of rotatable bonds is 9. The molecule has 0 amide bonds. The molecule has 262 valence electrons. The van der Waals surface area contributed by atoms with Gasteiger partial charge in [0.2, 0.25) is 0 Å². The third-order valence-electron chi connectivity index (χ3n) is 10.2. The zero-order chi connectivity index (χ0) is 36.5. The molecule has 0 heterocycles. The molecule has 0 bridgehead atoms. The van der Waals surface area contributed by atoms with Gasteiger partial charge in [-0.05, 0) is 93.0 Å². The molecule has 3 nitrogen and oxygen atoms in total. The van der Waals surface area contributed by atoms with Gasteiger partial charge in [-0.15, -0.1) is 0 Å². The Hall–Kier alpha value is -6.58. The molecule has 0 spiro atoms. The van der Waals surface area contributed by atoms with Gasteiger partial charge in [-0.3, -0.25) is 4.99 Å². The van der Waals surface area contributed by atoms with E-state index < -0.39 is 0 Å². The summed E-state index contributed by atoms with van der Waals surface area (Å²) in [6, 6.07) is 64.0. The molecule has 0 aliphatic heterocycles. The fraction of sp³-hybridized carbons (Fsp3) is 0.0980. The normalized spacial score (nSPS) is 13.4. The topological polar surface area (TPSA) is 50.7 Å². The van der Waals surface area contributed by atoms with Gasteiger partial charge >= 0.3 is 0 Å². The van der Waals surface area contributed by atoms with E-state index in [0.717, 1.165) is 35.1 Å². The second kappa shape index (κ2) is 16.4. The van der Waals surface area contributed by atoms with Gasteiger partial charge in [0, 0.05) is 11.1 Å². The molecule has 3 heteroatoms. The highest BCUT2D eigenvalue weighted by molar-refractivity contribution is 6.12. The molecular formula is C51H43N3. The Morgan fingerprint density at radius 2 is 1.00 bits per heavy atom. The van der Waals surface area contributed by atoms with Crippen LogP contribution in [0, 0.1) is 0 Å². The molecule has 8 rings (SSSR count). The predicted octanol–water partition coefficient (Wildman–Crippen LogP) is 12.7. The summed E-state index contributed by atoms with van der Waals surface area (Å²) < 4.78 is 0. The van der Waals surface area contributed by atoms with Crippen LogP contribution in [0.4, 0.5) is 0 Å². The molecule has 0 unspecified atom stereocenters. The second-order valence-corrected chi connectivity index (χ2v) is 13.7. The van der Waals surface area contributed by atoms with Crippen molar-refractivity contribution in [2.45, 2.75) is 32.2 Å². The van der Waals surface area contributed by atoms with Crippen LogP contribution in [0.2, 0.25) is 0 Å². The standard InChI is InChI=1S/C51H43N3/c52-50(49-34-17-12-28-43(49)39-22-6-2-7-23-39)54-51(40-24-8-3-9-25-40)53-36-37-19-18-26-41(35-37)44-29-11-14-31-46(44)48-33-16-15-32-47(48)45-30-13-10-27-42(45)38-20-4-1-5-21-38/h1,3-5,8-22,24-35H,2,6-7,23,36H2,(H2,52,53,54). The van der Waals surface area contributed by atoms with E-state index in [9.17, 15) is 0 Å². The highest BCUT2D eigenvalue weighted by atomic mass is 15.0. The highest BCUT2D eigenvalue weighted by Crippen LogP contribution is 2.41. The number of allylic oxidation sites excluding steroid dienone is 2. The summed E-state index contributed by atoms with van der Waals surface area (Å²) in [4.78, 5) is 10.1. The maximum Gasteiger partial charge on any atom is 0.157 e. The molecular weight excluding hydrogens is 655 g/mol. The molecule has 0 saturated heterocycles. The van der Waals surface area contributed by atoms with E-state index in [4.69, 9.17) is 15.7 Å². The first kappa shape index (κ1) is 34.5. The number of nitrogens with zero attached hydrogens (tertiary/aromatic N) is 2. The smallest absolute Gasteiger partial charge is 0.157 e. The Labute approximate surface area is 318 Å². The third-order valence-corrected chi connectivity index (χ3v) is 10.2. The predicted molar refractivity (Wildman–Crippen MR) is 228 cm³/mol. The molecule has 1 aliphatic carbocycles. The minimum atomic E-state index is 0.463. The van der Waals surface area contributed by atoms with E-state index >= 15 is 0 Å². The van der Waals surface area contributed by atoms with Gasteiger partial charge in [0.25, 0.3) is 0 Å². The minimum absolute atomic E-state index is 0.463.